The fourth-order valence-corrected chi connectivity index (χ4v) is 1.69. The minimum atomic E-state index is -0.445. The lowest BCUT2D eigenvalue weighted by atomic mass is 9.96. The minimum absolute atomic E-state index is 0.260. The van der Waals surface area contributed by atoms with Gasteiger partial charge in [0.2, 0.25) is 5.89 Å². The number of oxazole rings is 1. The van der Waals surface area contributed by atoms with E-state index in [4.69, 9.17) is 9.15 Å². The Morgan fingerprint density at radius 3 is 3.00 bits per heavy atom. The van der Waals surface area contributed by atoms with E-state index in [-0.39, 0.29) is 5.76 Å². The average molecular weight is 195 g/mol. The molecule has 1 aromatic heterocycles. The third kappa shape index (κ3) is 1.57. The van der Waals surface area contributed by atoms with Crippen molar-refractivity contribution in [3.63, 3.8) is 0 Å². The Morgan fingerprint density at radius 1 is 1.57 bits per heavy atom. The molecule has 0 saturated carbocycles. The summed E-state index contributed by atoms with van der Waals surface area (Å²) < 4.78 is 10.9. The van der Waals surface area contributed by atoms with Crippen LogP contribution >= 0.6 is 0 Å². The van der Waals surface area contributed by atoms with E-state index in [1.54, 1.807) is 0 Å². The summed E-state index contributed by atoms with van der Waals surface area (Å²) in [7, 11) is 0. The van der Waals surface area contributed by atoms with E-state index in [1.807, 2.05) is 6.92 Å². The van der Waals surface area contributed by atoms with Gasteiger partial charge in [-0.25, -0.2) is 4.98 Å². The summed E-state index contributed by atoms with van der Waals surface area (Å²) in [6, 6.07) is 0. The van der Waals surface area contributed by atoms with E-state index in [1.165, 1.54) is 6.20 Å². The van der Waals surface area contributed by atoms with Crippen molar-refractivity contribution in [3.05, 3.63) is 17.8 Å². The second-order valence-electron chi connectivity index (χ2n) is 3.72. The van der Waals surface area contributed by atoms with Crippen molar-refractivity contribution in [3.8, 4) is 0 Å². The fourth-order valence-electron chi connectivity index (χ4n) is 1.69. The molecular weight excluding hydrogens is 182 g/mol. The highest BCUT2D eigenvalue weighted by atomic mass is 16.5. The molecule has 2 rings (SSSR count). The highest BCUT2D eigenvalue weighted by Gasteiger charge is 2.34. The maximum absolute atomic E-state index is 10.4. The maximum atomic E-state index is 10.4. The summed E-state index contributed by atoms with van der Waals surface area (Å²) in [5.41, 5.74) is -0.445. The number of hydrogen-bond donors (Lipinski definition) is 0. The van der Waals surface area contributed by atoms with E-state index >= 15 is 0 Å². The van der Waals surface area contributed by atoms with Crippen LogP contribution < -0.4 is 0 Å². The third-order valence-corrected chi connectivity index (χ3v) is 2.56. The Labute approximate surface area is 82.3 Å². The number of carbonyl (C=O) groups is 1. The molecule has 0 aromatic carbocycles. The summed E-state index contributed by atoms with van der Waals surface area (Å²) in [6.45, 7) is 2.68. The Balaban J connectivity index is 2.23. The summed E-state index contributed by atoms with van der Waals surface area (Å²) in [5.74, 6) is 0.773. The zero-order chi connectivity index (χ0) is 10.0. The molecule has 1 aliphatic heterocycles. The van der Waals surface area contributed by atoms with Crippen LogP contribution in [0.15, 0.2) is 10.6 Å². The molecule has 0 spiro atoms. The second-order valence-corrected chi connectivity index (χ2v) is 3.72. The molecule has 1 aliphatic rings. The smallest absolute Gasteiger partial charge is 0.227 e. The van der Waals surface area contributed by atoms with E-state index in [0.717, 1.165) is 25.9 Å². The van der Waals surface area contributed by atoms with Crippen molar-refractivity contribution >= 4 is 6.29 Å². The van der Waals surface area contributed by atoms with Gasteiger partial charge in [-0.3, -0.25) is 4.79 Å². The third-order valence-electron chi connectivity index (χ3n) is 2.56. The van der Waals surface area contributed by atoms with Gasteiger partial charge in [-0.05, 0) is 26.2 Å². The lowest BCUT2D eigenvalue weighted by Gasteiger charge is -2.30. The first-order chi connectivity index (χ1) is 6.74. The molecule has 1 unspecified atom stereocenters. The lowest BCUT2D eigenvalue weighted by molar-refractivity contribution is -0.0867. The van der Waals surface area contributed by atoms with Crippen molar-refractivity contribution in [2.45, 2.75) is 31.8 Å². The highest BCUT2D eigenvalue weighted by Crippen LogP contribution is 2.33. The van der Waals surface area contributed by atoms with Gasteiger partial charge in [0.15, 0.2) is 12.0 Å². The normalized spacial score (nSPS) is 27.5. The van der Waals surface area contributed by atoms with Crippen molar-refractivity contribution in [1.82, 2.24) is 4.98 Å². The van der Waals surface area contributed by atoms with Gasteiger partial charge < -0.3 is 9.15 Å². The van der Waals surface area contributed by atoms with Crippen LogP contribution in [0.5, 0.6) is 0 Å². The first-order valence-corrected chi connectivity index (χ1v) is 4.80. The van der Waals surface area contributed by atoms with Crippen LogP contribution in [0.2, 0.25) is 0 Å². The van der Waals surface area contributed by atoms with E-state index < -0.39 is 5.60 Å². The van der Waals surface area contributed by atoms with Gasteiger partial charge in [0, 0.05) is 6.61 Å². The van der Waals surface area contributed by atoms with E-state index in [2.05, 4.69) is 4.98 Å². The first-order valence-electron chi connectivity index (χ1n) is 4.80. The fraction of sp³-hybridized carbons (Fsp3) is 0.600. The molecule has 0 aliphatic carbocycles. The van der Waals surface area contributed by atoms with Gasteiger partial charge in [-0.1, -0.05) is 0 Å². The van der Waals surface area contributed by atoms with Gasteiger partial charge >= 0.3 is 0 Å². The number of aldehydes is 1. The quantitative estimate of drug-likeness (QED) is 0.676. The van der Waals surface area contributed by atoms with Crippen molar-refractivity contribution in [1.29, 1.82) is 0 Å². The van der Waals surface area contributed by atoms with Crippen LogP contribution in [0.4, 0.5) is 0 Å². The Hall–Kier alpha value is -1.16. The van der Waals surface area contributed by atoms with Crippen LogP contribution in [0.3, 0.4) is 0 Å². The van der Waals surface area contributed by atoms with Gasteiger partial charge in [-0.15, -0.1) is 0 Å². The summed E-state index contributed by atoms with van der Waals surface area (Å²) in [5, 5.41) is 0. The molecular formula is C10H13NO3. The number of aromatic nitrogens is 1. The molecule has 1 saturated heterocycles. The Bertz CT molecular complexity index is 326. The number of nitrogens with zero attached hydrogens (tertiary/aromatic N) is 1. The van der Waals surface area contributed by atoms with Crippen LogP contribution in [0.25, 0.3) is 0 Å². The summed E-state index contributed by atoms with van der Waals surface area (Å²) >= 11 is 0. The molecule has 14 heavy (non-hydrogen) atoms. The molecule has 4 nitrogen and oxygen atoms in total. The van der Waals surface area contributed by atoms with Gasteiger partial charge in [-0.2, -0.15) is 0 Å². The zero-order valence-corrected chi connectivity index (χ0v) is 8.16. The lowest BCUT2D eigenvalue weighted by Crippen LogP contribution is -2.30. The predicted molar refractivity (Wildman–Crippen MR) is 49.0 cm³/mol. The largest absolute Gasteiger partial charge is 0.435 e. The number of ether oxygens (including phenoxy) is 1. The van der Waals surface area contributed by atoms with E-state index in [0.29, 0.717) is 12.2 Å². The molecule has 0 N–H and O–H groups in total. The average Bonchev–Trinajstić information content (AvgIpc) is 2.67. The highest BCUT2D eigenvalue weighted by molar-refractivity contribution is 5.69. The van der Waals surface area contributed by atoms with Crippen molar-refractivity contribution in [2.24, 2.45) is 0 Å². The Morgan fingerprint density at radius 2 is 2.43 bits per heavy atom. The topological polar surface area (TPSA) is 52.3 Å². The molecule has 4 heteroatoms. The molecule has 0 amide bonds. The molecule has 1 atom stereocenters. The predicted octanol–water partition coefficient (Wildman–Crippen LogP) is 1.90. The monoisotopic (exact) mass is 195 g/mol. The minimum Gasteiger partial charge on any atom is -0.435 e. The Kier molecular flexibility index (Phi) is 2.37. The van der Waals surface area contributed by atoms with Gasteiger partial charge in [0.05, 0.1) is 6.20 Å². The molecule has 1 aromatic rings. The maximum Gasteiger partial charge on any atom is 0.227 e. The van der Waals surface area contributed by atoms with Crippen LogP contribution in [-0.2, 0) is 10.3 Å². The van der Waals surface area contributed by atoms with Crippen molar-refractivity contribution in [2.75, 3.05) is 6.61 Å². The standard InChI is InChI=1S/C10H13NO3/c1-10(4-2-3-5-13-10)9-11-6-8(7-12)14-9/h6-7H,2-5H2,1H3. The SMILES string of the molecule is CC1(c2ncc(C=O)o2)CCCCO1. The van der Waals surface area contributed by atoms with Gasteiger partial charge in [0.1, 0.15) is 5.60 Å². The first kappa shape index (κ1) is 9.40. The molecule has 0 radical (unpaired) electrons. The van der Waals surface area contributed by atoms with Crippen LogP contribution in [0.1, 0.15) is 42.6 Å². The molecule has 76 valence electrons. The number of rotatable bonds is 2. The molecule has 0 bridgehead atoms. The van der Waals surface area contributed by atoms with Crippen LogP contribution in [0, 0.1) is 0 Å². The second kappa shape index (κ2) is 3.53. The van der Waals surface area contributed by atoms with Crippen LogP contribution in [-0.4, -0.2) is 17.9 Å². The zero-order valence-electron chi connectivity index (χ0n) is 8.16. The number of carbonyl (C=O) groups excluding carboxylic acids is 1. The summed E-state index contributed by atoms with van der Waals surface area (Å²) in [6.07, 6.45) is 5.17. The van der Waals surface area contributed by atoms with Gasteiger partial charge in [0.25, 0.3) is 0 Å². The molecule has 1 fully saturated rings. The van der Waals surface area contributed by atoms with E-state index in [9.17, 15) is 4.79 Å². The number of hydrogen-bond acceptors (Lipinski definition) is 4. The summed E-state index contributed by atoms with van der Waals surface area (Å²) in [4.78, 5) is 14.5. The molecule has 2 heterocycles. The van der Waals surface area contributed by atoms with Crippen molar-refractivity contribution < 1.29 is 13.9 Å².